The van der Waals surface area contributed by atoms with Crippen LogP contribution in [0.2, 0.25) is 5.02 Å². The number of likely N-dealkylation sites (tertiary alicyclic amines) is 1. The Morgan fingerprint density at radius 1 is 1.18 bits per heavy atom. The first kappa shape index (κ1) is 25.1. The standard InChI is InChI=1S/C25H32ClFN4O2S/c1-16(2)31(34(32,33)24-14-17(3)21(26)13-18(24)4)12-11-30-9-7-19(8-10-30)25-28-22-6-5-20(27)15-23(22)29-25/h5-6,13-16,19H,7-12H2,1-4H3,(H,28,29). The average Bonchev–Trinajstić information content (AvgIpc) is 3.19. The van der Waals surface area contributed by atoms with Gasteiger partial charge in [-0.3, -0.25) is 0 Å². The summed E-state index contributed by atoms with van der Waals surface area (Å²) in [6.07, 6.45) is 1.85. The van der Waals surface area contributed by atoms with Crippen molar-refractivity contribution in [2.24, 2.45) is 0 Å². The molecule has 1 aliphatic rings. The first-order chi connectivity index (χ1) is 16.1. The molecule has 6 nitrogen and oxygen atoms in total. The lowest BCUT2D eigenvalue weighted by Crippen LogP contribution is -2.44. The molecule has 0 aliphatic carbocycles. The van der Waals surface area contributed by atoms with Gasteiger partial charge < -0.3 is 9.88 Å². The van der Waals surface area contributed by atoms with Crippen molar-refractivity contribution in [3.05, 3.63) is 58.1 Å². The molecule has 1 aromatic heterocycles. The fourth-order valence-electron chi connectivity index (χ4n) is 4.68. The molecule has 9 heteroatoms. The summed E-state index contributed by atoms with van der Waals surface area (Å²) in [7, 11) is -3.64. The molecule has 2 aromatic carbocycles. The highest BCUT2D eigenvalue weighted by Gasteiger charge is 2.30. The van der Waals surface area contributed by atoms with Gasteiger partial charge in [-0.15, -0.1) is 0 Å². The van der Waals surface area contributed by atoms with Crippen LogP contribution in [-0.4, -0.2) is 59.8 Å². The number of hydrogen-bond donors (Lipinski definition) is 1. The first-order valence-electron chi connectivity index (χ1n) is 11.7. The van der Waals surface area contributed by atoms with Crippen LogP contribution in [0.15, 0.2) is 35.2 Å². The Morgan fingerprint density at radius 3 is 2.56 bits per heavy atom. The van der Waals surface area contributed by atoms with Crippen molar-refractivity contribution in [2.45, 2.75) is 57.4 Å². The van der Waals surface area contributed by atoms with Gasteiger partial charge in [-0.05, 0) is 89.0 Å². The number of aryl methyl sites for hydroxylation is 2. The Hall–Kier alpha value is -2.00. The maximum atomic E-state index is 13.5. The molecule has 1 N–H and O–H groups in total. The normalized spacial score (nSPS) is 16.2. The van der Waals surface area contributed by atoms with Gasteiger partial charge in [0.15, 0.2) is 0 Å². The molecule has 0 saturated carbocycles. The molecule has 1 aliphatic heterocycles. The lowest BCUT2D eigenvalue weighted by Gasteiger charge is -2.34. The Bertz CT molecular complexity index is 1280. The molecule has 3 aromatic rings. The molecule has 0 atom stereocenters. The van der Waals surface area contributed by atoms with Gasteiger partial charge in [-0.1, -0.05) is 11.6 Å². The number of H-pyrrole nitrogens is 1. The van der Waals surface area contributed by atoms with Crippen LogP contribution in [0.4, 0.5) is 4.39 Å². The molecule has 2 heterocycles. The van der Waals surface area contributed by atoms with Gasteiger partial charge in [0.05, 0.1) is 15.9 Å². The third-order valence-electron chi connectivity index (χ3n) is 6.69. The van der Waals surface area contributed by atoms with Gasteiger partial charge in [-0.25, -0.2) is 17.8 Å². The third-order valence-corrected chi connectivity index (χ3v) is 9.32. The number of sulfonamides is 1. The zero-order valence-corrected chi connectivity index (χ0v) is 21.7. The fourth-order valence-corrected chi connectivity index (χ4v) is 6.82. The molecule has 0 spiro atoms. The highest BCUT2D eigenvalue weighted by Crippen LogP contribution is 2.29. The number of piperidine rings is 1. The molecular weight excluding hydrogens is 475 g/mol. The predicted octanol–water partition coefficient (Wildman–Crippen LogP) is 5.25. The number of fused-ring (bicyclic) bond motifs is 1. The summed E-state index contributed by atoms with van der Waals surface area (Å²) in [5.41, 5.74) is 2.92. The van der Waals surface area contributed by atoms with E-state index in [1.807, 2.05) is 20.8 Å². The molecule has 184 valence electrons. The smallest absolute Gasteiger partial charge is 0.243 e. The molecular formula is C25H32ClFN4O2S. The van der Waals surface area contributed by atoms with Crippen LogP contribution < -0.4 is 0 Å². The Morgan fingerprint density at radius 2 is 1.88 bits per heavy atom. The van der Waals surface area contributed by atoms with Crippen molar-refractivity contribution < 1.29 is 12.8 Å². The van der Waals surface area contributed by atoms with Crippen molar-refractivity contribution >= 4 is 32.7 Å². The number of imidazole rings is 1. The number of benzene rings is 2. The van der Waals surface area contributed by atoms with Crippen LogP contribution >= 0.6 is 11.6 Å². The molecule has 1 fully saturated rings. The van der Waals surface area contributed by atoms with Crippen LogP contribution in [0, 0.1) is 19.7 Å². The van der Waals surface area contributed by atoms with E-state index in [4.69, 9.17) is 11.6 Å². The summed E-state index contributed by atoms with van der Waals surface area (Å²) in [4.78, 5) is 10.6. The van der Waals surface area contributed by atoms with Crippen molar-refractivity contribution in [1.29, 1.82) is 0 Å². The second kappa shape index (κ2) is 9.93. The largest absolute Gasteiger partial charge is 0.342 e. The fraction of sp³-hybridized carbons (Fsp3) is 0.480. The summed E-state index contributed by atoms with van der Waals surface area (Å²) in [5, 5.41) is 0.574. The Labute approximate surface area is 206 Å². The number of nitrogens with one attached hydrogen (secondary N) is 1. The second-order valence-electron chi connectivity index (χ2n) is 9.48. The van der Waals surface area contributed by atoms with Crippen LogP contribution in [0.3, 0.4) is 0 Å². The zero-order chi connectivity index (χ0) is 24.6. The minimum Gasteiger partial charge on any atom is -0.342 e. The average molecular weight is 507 g/mol. The van der Waals surface area contributed by atoms with E-state index < -0.39 is 10.0 Å². The molecule has 1 saturated heterocycles. The van der Waals surface area contributed by atoms with Crippen molar-refractivity contribution in [1.82, 2.24) is 19.2 Å². The number of hydrogen-bond acceptors (Lipinski definition) is 4. The van der Waals surface area contributed by atoms with Gasteiger partial charge in [0.25, 0.3) is 0 Å². The minimum absolute atomic E-state index is 0.158. The molecule has 4 rings (SSSR count). The lowest BCUT2D eigenvalue weighted by atomic mass is 9.96. The second-order valence-corrected chi connectivity index (χ2v) is 11.7. The van der Waals surface area contributed by atoms with E-state index in [-0.39, 0.29) is 17.8 Å². The van der Waals surface area contributed by atoms with E-state index in [0.717, 1.165) is 42.8 Å². The van der Waals surface area contributed by atoms with Gasteiger partial charge >= 0.3 is 0 Å². The van der Waals surface area contributed by atoms with Gasteiger partial charge in [0, 0.05) is 36.1 Å². The van der Waals surface area contributed by atoms with Crippen LogP contribution in [-0.2, 0) is 10.0 Å². The van der Waals surface area contributed by atoms with E-state index in [1.165, 1.54) is 12.1 Å². The number of aromatic amines is 1. The van der Waals surface area contributed by atoms with E-state index in [1.54, 1.807) is 29.4 Å². The minimum atomic E-state index is -3.64. The van der Waals surface area contributed by atoms with Crippen molar-refractivity contribution in [3.63, 3.8) is 0 Å². The SMILES string of the molecule is Cc1cc(S(=O)(=O)N(CCN2CCC(c3nc4cc(F)ccc4[nH]3)CC2)C(C)C)c(C)cc1Cl. The van der Waals surface area contributed by atoms with Gasteiger partial charge in [0.2, 0.25) is 10.0 Å². The van der Waals surface area contributed by atoms with Crippen LogP contribution in [0.5, 0.6) is 0 Å². The monoisotopic (exact) mass is 506 g/mol. The van der Waals surface area contributed by atoms with Crippen molar-refractivity contribution in [3.8, 4) is 0 Å². The third kappa shape index (κ3) is 5.15. The van der Waals surface area contributed by atoms with E-state index in [2.05, 4.69) is 14.9 Å². The maximum Gasteiger partial charge on any atom is 0.243 e. The van der Waals surface area contributed by atoms with Crippen molar-refractivity contribution in [2.75, 3.05) is 26.2 Å². The highest BCUT2D eigenvalue weighted by molar-refractivity contribution is 7.89. The Balaban J connectivity index is 1.40. The number of rotatable bonds is 7. The molecule has 0 radical (unpaired) electrons. The summed E-state index contributed by atoms with van der Waals surface area (Å²) in [5.74, 6) is 0.908. The van der Waals surface area contributed by atoms with E-state index >= 15 is 0 Å². The number of halogens is 2. The zero-order valence-electron chi connectivity index (χ0n) is 20.1. The summed E-state index contributed by atoms with van der Waals surface area (Å²) in [6, 6.07) is 7.85. The van der Waals surface area contributed by atoms with E-state index in [9.17, 15) is 12.8 Å². The van der Waals surface area contributed by atoms with Crippen LogP contribution in [0.25, 0.3) is 11.0 Å². The molecule has 0 unspecified atom stereocenters. The van der Waals surface area contributed by atoms with E-state index in [0.29, 0.717) is 34.1 Å². The topological polar surface area (TPSA) is 69.3 Å². The summed E-state index contributed by atoms with van der Waals surface area (Å²) in [6.45, 7) is 10.2. The lowest BCUT2D eigenvalue weighted by molar-refractivity contribution is 0.190. The van der Waals surface area contributed by atoms with Gasteiger partial charge in [0.1, 0.15) is 11.6 Å². The number of aromatic nitrogens is 2. The molecule has 34 heavy (non-hydrogen) atoms. The Kier molecular flexibility index (Phi) is 7.33. The summed E-state index contributed by atoms with van der Waals surface area (Å²) >= 11 is 6.19. The molecule has 0 bridgehead atoms. The maximum absolute atomic E-state index is 13.5. The quantitative estimate of drug-likeness (QED) is 0.475. The highest BCUT2D eigenvalue weighted by atomic mass is 35.5. The number of nitrogens with zero attached hydrogens (tertiary/aromatic N) is 3. The van der Waals surface area contributed by atoms with Gasteiger partial charge in [-0.2, -0.15) is 4.31 Å². The first-order valence-corrected chi connectivity index (χ1v) is 13.5. The molecule has 0 amide bonds. The predicted molar refractivity (Wildman–Crippen MR) is 134 cm³/mol. The summed E-state index contributed by atoms with van der Waals surface area (Å²) < 4.78 is 42.1. The van der Waals surface area contributed by atoms with Crippen LogP contribution in [0.1, 0.15) is 49.6 Å².